The molecular formula is C24H16BrNO5. The molecule has 154 valence electrons. The number of hydrogen-bond acceptors (Lipinski definition) is 6. The van der Waals surface area contributed by atoms with Gasteiger partial charge in [0, 0.05) is 10.0 Å². The number of methoxy groups -OCH3 is 1. The summed E-state index contributed by atoms with van der Waals surface area (Å²) in [7, 11) is 1.56. The summed E-state index contributed by atoms with van der Waals surface area (Å²) in [4.78, 5) is 28.7. The van der Waals surface area contributed by atoms with Crippen LogP contribution in [0.4, 0.5) is 0 Å². The van der Waals surface area contributed by atoms with Gasteiger partial charge >= 0.3 is 11.9 Å². The van der Waals surface area contributed by atoms with E-state index >= 15 is 0 Å². The minimum absolute atomic E-state index is 0.193. The Kier molecular flexibility index (Phi) is 5.95. The van der Waals surface area contributed by atoms with Crippen molar-refractivity contribution in [3.05, 3.63) is 99.7 Å². The van der Waals surface area contributed by atoms with Crippen LogP contribution in [0.25, 0.3) is 6.08 Å². The van der Waals surface area contributed by atoms with Gasteiger partial charge in [0.25, 0.3) is 0 Å². The molecule has 4 rings (SSSR count). The predicted molar refractivity (Wildman–Crippen MR) is 119 cm³/mol. The first-order valence-electron chi connectivity index (χ1n) is 9.26. The van der Waals surface area contributed by atoms with Gasteiger partial charge in [0.15, 0.2) is 5.70 Å². The molecule has 0 aliphatic carbocycles. The van der Waals surface area contributed by atoms with Crippen LogP contribution in [0.3, 0.4) is 0 Å². The second-order valence-electron chi connectivity index (χ2n) is 6.53. The minimum Gasteiger partial charge on any atom is -0.497 e. The Morgan fingerprint density at radius 3 is 2.39 bits per heavy atom. The number of halogens is 1. The van der Waals surface area contributed by atoms with Gasteiger partial charge in [-0.25, -0.2) is 14.6 Å². The SMILES string of the molecule is COc1ccc(C(=O)Oc2ccc(/C=C3\N=C(c4cccc(Br)c4)OC3=O)cc2)cc1. The Balaban J connectivity index is 1.47. The number of rotatable bonds is 5. The van der Waals surface area contributed by atoms with Crippen molar-refractivity contribution in [2.75, 3.05) is 7.11 Å². The van der Waals surface area contributed by atoms with Crippen LogP contribution in [-0.4, -0.2) is 24.9 Å². The van der Waals surface area contributed by atoms with Crippen molar-refractivity contribution >= 4 is 39.8 Å². The lowest BCUT2D eigenvalue weighted by atomic mass is 10.2. The number of aliphatic imine (C=N–C) groups is 1. The molecule has 3 aromatic carbocycles. The monoisotopic (exact) mass is 477 g/mol. The molecular weight excluding hydrogens is 462 g/mol. The van der Waals surface area contributed by atoms with Gasteiger partial charge in [-0.15, -0.1) is 0 Å². The van der Waals surface area contributed by atoms with Gasteiger partial charge < -0.3 is 14.2 Å². The predicted octanol–water partition coefficient (Wildman–Crippen LogP) is 5.02. The molecule has 0 atom stereocenters. The summed E-state index contributed by atoms with van der Waals surface area (Å²) in [6, 6.07) is 20.7. The molecule has 0 spiro atoms. The maximum atomic E-state index is 12.3. The van der Waals surface area contributed by atoms with Gasteiger partial charge in [-0.05, 0) is 66.2 Å². The quantitative estimate of drug-likeness (QED) is 0.293. The first kappa shape index (κ1) is 20.6. The molecule has 0 aromatic heterocycles. The summed E-state index contributed by atoms with van der Waals surface area (Å²) in [6.07, 6.45) is 1.61. The van der Waals surface area contributed by atoms with E-state index in [1.807, 2.05) is 24.3 Å². The zero-order chi connectivity index (χ0) is 21.8. The van der Waals surface area contributed by atoms with Gasteiger partial charge in [0.1, 0.15) is 11.5 Å². The fraction of sp³-hybridized carbons (Fsp3) is 0.0417. The van der Waals surface area contributed by atoms with Crippen LogP contribution in [0, 0.1) is 0 Å². The van der Waals surface area contributed by atoms with E-state index in [1.54, 1.807) is 61.7 Å². The Hall–Kier alpha value is -3.71. The summed E-state index contributed by atoms with van der Waals surface area (Å²) in [5.74, 6) is 0.296. The van der Waals surface area contributed by atoms with Crippen molar-refractivity contribution in [1.82, 2.24) is 0 Å². The maximum absolute atomic E-state index is 12.3. The second-order valence-corrected chi connectivity index (χ2v) is 7.45. The van der Waals surface area contributed by atoms with Crippen LogP contribution in [-0.2, 0) is 9.53 Å². The topological polar surface area (TPSA) is 74.2 Å². The fourth-order valence-electron chi connectivity index (χ4n) is 2.84. The first-order chi connectivity index (χ1) is 15.0. The number of hydrogen-bond donors (Lipinski definition) is 0. The third kappa shape index (κ3) is 4.90. The normalized spacial score (nSPS) is 14.2. The van der Waals surface area contributed by atoms with E-state index in [-0.39, 0.29) is 11.6 Å². The molecule has 7 heteroatoms. The number of esters is 2. The van der Waals surface area contributed by atoms with E-state index < -0.39 is 11.9 Å². The van der Waals surface area contributed by atoms with Crippen LogP contribution in [0.1, 0.15) is 21.5 Å². The number of cyclic esters (lactones) is 1. The number of nitrogens with zero attached hydrogens (tertiary/aromatic N) is 1. The van der Waals surface area contributed by atoms with Crippen molar-refractivity contribution in [2.24, 2.45) is 4.99 Å². The highest BCUT2D eigenvalue weighted by Crippen LogP contribution is 2.22. The summed E-state index contributed by atoms with van der Waals surface area (Å²) < 4.78 is 16.6. The minimum atomic E-state index is -0.523. The van der Waals surface area contributed by atoms with E-state index in [9.17, 15) is 9.59 Å². The molecule has 3 aromatic rings. The van der Waals surface area contributed by atoms with Crippen LogP contribution >= 0.6 is 15.9 Å². The Bertz CT molecular complexity index is 1200. The second kappa shape index (κ2) is 8.97. The van der Waals surface area contributed by atoms with Gasteiger partial charge in [-0.1, -0.05) is 34.1 Å². The van der Waals surface area contributed by atoms with Gasteiger partial charge in [0.2, 0.25) is 5.90 Å². The van der Waals surface area contributed by atoms with E-state index in [0.717, 1.165) is 10.0 Å². The average molecular weight is 478 g/mol. The standard InChI is InChI=1S/C24H16BrNO5/c1-29-19-11-7-16(8-12-19)23(27)30-20-9-5-15(6-10-20)13-21-24(28)31-22(26-21)17-3-2-4-18(25)14-17/h2-14H,1H3/b21-13-. The Morgan fingerprint density at radius 2 is 1.71 bits per heavy atom. The van der Waals surface area contributed by atoms with E-state index in [4.69, 9.17) is 14.2 Å². The number of carbonyl (C=O) groups is 2. The lowest BCUT2D eigenvalue weighted by molar-refractivity contribution is -0.129. The van der Waals surface area contributed by atoms with Crippen molar-refractivity contribution in [3.8, 4) is 11.5 Å². The molecule has 1 aliphatic rings. The van der Waals surface area contributed by atoms with Gasteiger partial charge in [0.05, 0.1) is 12.7 Å². The lowest BCUT2D eigenvalue weighted by Gasteiger charge is -2.05. The fourth-order valence-corrected chi connectivity index (χ4v) is 3.24. The summed E-state index contributed by atoms with van der Waals surface area (Å²) in [6.45, 7) is 0. The third-order valence-electron chi connectivity index (χ3n) is 4.41. The summed E-state index contributed by atoms with van der Waals surface area (Å²) in [5.41, 5.74) is 2.02. The van der Waals surface area contributed by atoms with Crippen molar-refractivity contribution in [2.45, 2.75) is 0 Å². The molecule has 0 bridgehead atoms. The zero-order valence-electron chi connectivity index (χ0n) is 16.4. The largest absolute Gasteiger partial charge is 0.497 e. The van der Waals surface area contributed by atoms with Crippen LogP contribution in [0.2, 0.25) is 0 Å². The molecule has 0 amide bonds. The van der Waals surface area contributed by atoms with Crippen molar-refractivity contribution in [1.29, 1.82) is 0 Å². The maximum Gasteiger partial charge on any atom is 0.363 e. The highest BCUT2D eigenvalue weighted by molar-refractivity contribution is 9.10. The molecule has 0 radical (unpaired) electrons. The molecule has 0 fully saturated rings. The zero-order valence-corrected chi connectivity index (χ0v) is 18.0. The number of benzene rings is 3. The summed E-state index contributed by atoms with van der Waals surface area (Å²) >= 11 is 3.39. The molecule has 0 saturated heterocycles. The number of ether oxygens (including phenoxy) is 3. The van der Waals surface area contributed by atoms with E-state index in [1.165, 1.54) is 0 Å². The third-order valence-corrected chi connectivity index (χ3v) is 4.91. The van der Waals surface area contributed by atoms with Crippen LogP contribution < -0.4 is 9.47 Å². The molecule has 1 heterocycles. The number of carbonyl (C=O) groups excluding carboxylic acids is 2. The molecule has 31 heavy (non-hydrogen) atoms. The molecule has 0 N–H and O–H groups in total. The average Bonchev–Trinajstić information content (AvgIpc) is 3.15. The highest BCUT2D eigenvalue weighted by atomic mass is 79.9. The van der Waals surface area contributed by atoms with Crippen molar-refractivity contribution in [3.63, 3.8) is 0 Å². The lowest BCUT2D eigenvalue weighted by Crippen LogP contribution is -2.08. The summed E-state index contributed by atoms with van der Waals surface area (Å²) in [5, 5.41) is 0. The molecule has 6 nitrogen and oxygen atoms in total. The van der Waals surface area contributed by atoms with Crippen LogP contribution in [0.5, 0.6) is 11.5 Å². The molecule has 1 aliphatic heterocycles. The molecule has 0 saturated carbocycles. The van der Waals surface area contributed by atoms with Gasteiger partial charge in [-0.2, -0.15) is 0 Å². The Morgan fingerprint density at radius 1 is 1.00 bits per heavy atom. The van der Waals surface area contributed by atoms with Crippen molar-refractivity contribution < 1.29 is 23.8 Å². The smallest absolute Gasteiger partial charge is 0.363 e. The Labute approximate surface area is 186 Å². The highest BCUT2D eigenvalue weighted by Gasteiger charge is 2.24. The van der Waals surface area contributed by atoms with Crippen LogP contribution in [0.15, 0.2) is 88.0 Å². The van der Waals surface area contributed by atoms with E-state index in [0.29, 0.717) is 22.6 Å². The first-order valence-corrected chi connectivity index (χ1v) is 10.1. The van der Waals surface area contributed by atoms with Gasteiger partial charge in [-0.3, -0.25) is 0 Å². The van der Waals surface area contributed by atoms with E-state index in [2.05, 4.69) is 20.9 Å². The molecule has 0 unspecified atom stereocenters.